The molecule has 0 radical (unpaired) electrons. The lowest BCUT2D eigenvalue weighted by atomic mass is 9.97. The molecule has 0 saturated carbocycles. The quantitative estimate of drug-likeness (QED) is 0.572. The summed E-state index contributed by atoms with van der Waals surface area (Å²) in [5.41, 5.74) is 1.10. The molecule has 0 amide bonds. The van der Waals surface area contributed by atoms with E-state index in [-0.39, 0.29) is 0 Å². The van der Waals surface area contributed by atoms with E-state index in [2.05, 4.69) is 18.8 Å². The Morgan fingerprint density at radius 2 is 2.00 bits per heavy atom. The lowest BCUT2D eigenvalue weighted by molar-refractivity contribution is 0.455. The fourth-order valence-corrected chi connectivity index (χ4v) is 2.00. The van der Waals surface area contributed by atoms with E-state index in [4.69, 9.17) is 4.42 Å². The molecule has 0 saturated heterocycles. The Morgan fingerprint density at radius 3 is 2.69 bits per heavy atom. The topological polar surface area (TPSA) is 26.0 Å². The SMILES string of the molecule is CCCCCCCC(C)CCc1cocn1. The highest BCUT2D eigenvalue weighted by atomic mass is 16.3. The van der Waals surface area contributed by atoms with Crippen molar-refractivity contribution in [2.45, 2.75) is 65.2 Å². The van der Waals surface area contributed by atoms with Crippen molar-refractivity contribution in [1.29, 1.82) is 0 Å². The maximum atomic E-state index is 4.96. The first-order chi connectivity index (χ1) is 7.83. The Hall–Kier alpha value is -0.790. The molecular formula is C14H25NO. The van der Waals surface area contributed by atoms with Crippen LogP contribution in [0.4, 0.5) is 0 Å². The van der Waals surface area contributed by atoms with Crippen molar-refractivity contribution < 1.29 is 4.42 Å². The molecule has 2 nitrogen and oxygen atoms in total. The molecule has 1 heterocycles. The van der Waals surface area contributed by atoms with Crippen LogP contribution in [0.5, 0.6) is 0 Å². The molecule has 0 aromatic carbocycles. The number of aryl methyl sites for hydroxylation is 1. The van der Waals surface area contributed by atoms with Gasteiger partial charge in [-0.05, 0) is 18.8 Å². The minimum absolute atomic E-state index is 0.818. The Kier molecular flexibility index (Phi) is 6.95. The molecule has 0 N–H and O–H groups in total. The maximum absolute atomic E-state index is 4.96. The first-order valence-electron chi connectivity index (χ1n) is 6.70. The molecule has 2 heteroatoms. The van der Waals surface area contributed by atoms with Gasteiger partial charge < -0.3 is 4.42 Å². The second kappa shape index (κ2) is 8.37. The Morgan fingerprint density at radius 1 is 1.19 bits per heavy atom. The summed E-state index contributed by atoms with van der Waals surface area (Å²) < 4.78 is 4.96. The fourth-order valence-electron chi connectivity index (χ4n) is 2.00. The summed E-state index contributed by atoms with van der Waals surface area (Å²) in [5, 5.41) is 0. The van der Waals surface area contributed by atoms with Crippen molar-refractivity contribution in [3.8, 4) is 0 Å². The fraction of sp³-hybridized carbons (Fsp3) is 0.786. The summed E-state index contributed by atoms with van der Waals surface area (Å²) in [4.78, 5) is 4.14. The first kappa shape index (κ1) is 13.3. The molecule has 0 spiro atoms. The van der Waals surface area contributed by atoms with Crippen LogP contribution in [0.2, 0.25) is 0 Å². The average Bonchev–Trinajstić information content (AvgIpc) is 2.79. The molecule has 1 atom stereocenters. The molecule has 1 unspecified atom stereocenters. The van der Waals surface area contributed by atoms with Crippen LogP contribution in [-0.2, 0) is 6.42 Å². The van der Waals surface area contributed by atoms with E-state index in [0.29, 0.717) is 0 Å². The monoisotopic (exact) mass is 223 g/mol. The summed E-state index contributed by atoms with van der Waals surface area (Å²) in [7, 11) is 0. The highest BCUT2D eigenvalue weighted by Gasteiger charge is 2.04. The van der Waals surface area contributed by atoms with Gasteiger partial charge in [0.1, 0.15) is 6.26 Å². The van der Waals surface area contributed by atoms with E-state index in [1.54, 1.807) is 6.26 Å². The molecule has 0 aliphatic heterocycles. The van der Waals surface area contributed by atoms with Gasteiger partial charge in [-0.25, -0.2) is 4.98 Å². The summed E-state index contributed by atoms with van der Waals surface area (Å²) in [6.45, 7) is 4.61. The third kappa shape index (κ3) is 5.94. The summed E-state index contributed by atoms with van der Waals surface area (Å²) >= 11 is 0. The van der Waals surface area contributed by atoms with Gasteiger partial charge in [-0.15, -0.1) is 0 Å². The highest BCUT2D eigenvalue weighted by Crippen LogP contribution is 2.16. The van der Waals surface area contributed by atoms with Crippen LogP contribution in [0.1, 0.15) is 64.5 Å². The summed E-state index contributed by atoms with van der Waals surface area (Å²) in [5.74, 6) is 0.818. The average molecular weight is 223 g/mol. The number of hydrogen-bond donors (Lipinski definition) is 0. The van der Waals surface area contributed by atoms with Crippen LogP contribution in [0.15, 0.2) is 17.1 Å². The molecule has 1 aromatic heterocycles. The van der Waals surface area contributed by atoms with E-state index >= 15 is 0 Å². The Labute approximate surface area is 99.5 Å². The minimum Gasteiger partial charge on any atom is -0.451 e. The molecule has 0 aliphatic rings. The number of rotatable bonds is 9. The molecule has 16 heavy (non-hydrogen) atoms. The molecule has 92 valence electrons. The number of nitrogens with zero attached hydrogens (tertiary/aromatic N) is 1. The summed E-state index contributed by atoms with van der Waals surface area (Å²) in [6, 6.07) is 0. The van der Waals surface area contributed by atoms with E-state index < -0.39 is 0 Å². The minimum atomic E-state index is 0.818. The number of oxazole rings is 1. The van der Waals surface area contributed by atoms with Crippen molar-refractivity contribution in [2.24, 2.45) is 5.92 Å². The van der Waals surface area contributed by atoms with Crippen LogP contribution in [-0.4, -0.2) is 4.98 Å². The first-order valence-corrected chi connectivity index (χ1v) is 6.70. The van der Waals surface area contributed by atoms with Gasteiger partial charge in [-0.3, -0.25) is 0 Å². The lowest BCUT2D eigenvalue weighted by Gasteiger charge is -2.09. The van der Waals surface area contributed by atoms with Gasteiger partial charge in [-0.1, -0.05) is 52.4 Å². The molecule has 0 fully saturated rings. The van der Waals surface area contributed by atoms with Crippen LogP contribution in [0, 0.1) is 5.92 Å². The zero-order chi connectivity index (χ0) is 11.6. The third-order valence-corrected chi connectivity index (χ3v) is 3.18. The van der Waals surface area contributed by atoms with Crippen LogP contribution < -0.4 is 0 Å². The smallest absolute Gasteiger partial charge is 0.180 e. The predicted molar refractivity (Wildman–Crippen MR) is 67.4 cm³/mol. The van der Waals surface area contributed by atoms with Gasteiger partial charge in [0.05, 0.1) is 5.69 Å². The van der Waals surface area contributed by atoms with Gasteiger partial charge in [0.15, 0.2) is 6.39 Å². The van der Waals surface area contributed by atoms with E-state index in [0.717, 1.165) is 18.0 Å². The molecule has 1 rings (SSSR count). The maximum Gasteiger partial charge on any atom is 0.180 e. The van der Waals surface area contributed by atoms with Crippen LogP contribution >= 0.6 is 0 Å². The Balaban J connectivity index is 1.96. The lowest BCUT2D eigenvalue weighted by Crippen LogP contribution is -1.98. The van der Waals surface area contributed by atoms with E-state index in [9.17, 15) is 0 Å². The van der Waals surface area contributed by atoms with Gasteiger partial charge in [0.25, 0.3) is 0 Å². The Bertz CT molecular complexity index is 243. The van der Waals surface area contributed by atoms with Gasteiger partial charge >= 0.3 is 0 Å². The van der Waals surface area contributed by atoms with Crippen LogP contribution in [0.3, 0.4) is 0 Å². The van der Waals surface area contributed by atoms with Crippen molar-refractivity contribution in [2.75, 3.05) is 0 Å². The normalized spacial score (nSPS) is 12.9. The van der Waals surface area contributed by atoms with Crippen molar-refractivity contribution >= 4 is 0 Å². The summed E-state index contributed by atoms with van der Waals surface area (Å²) in [6.07, 6.45) is 13.9. The molecule has 1 aromatic rings. The highest BCUT2D eigenvalue weighted by molar-refractivity contribution is 4.90. The second-order valence-corrected chi connectivity index (χ2v) is 4.83. The van der Waals surface area contributed by atoms with Gasteiger partial charge in [0.2, 0.25) is 0 Å². The standard InChI is InChI=1S/C14H25NO/c1-3-4-5-6-7-8-13(2)9-10-14-11-16-12-15-14/h11-13H,3-10H2,1-2H3. The second-order valence-electron chi connectivity index (χ2n) is 4.83. The van der Waals surface area contributed by atoms with Gasteiger partial charge in [-0.2, -0.15) is 0 Å². The van der Waals surface area contributed by atoms with E-state index in [1.807, 2.05) is 0 Å². The number of unbranched alkanes of at least 4 members (excludes halogenated alkanes) is 4. The number of hydrogen-bond acceptors (Lipinski definition) is 2. The van der Waals surface area contributed by atoms with Gasteiger partial charge in [0, 0.05) is 0 Å². The third-order valence-electron chi connectivity index (χ3n) is 3.18. The zero-order valence-corrected chi connectivity index (χ0v) is 10.7. The number of aromatic nitrogens is 1. The zero-order valence-electron chi connectivity index (χ0n) is 10.7. The largest absolute Gasteiger partial charge is 0.451 e. The van der Waals surface area contributed by atoms with Crippen LogP contribution in [0.25, 0.3) is 0 Å². The van der Waals surface area contributed by atoms with Crippen molar-refractivity contribution in [3.05, 3.63) is 18.4 Å². The molecule has 0 bridgehead atoms. The predicted octanol–water partition coefficient (Wildman–Crippen LogP) is 4.60. The van der Waals surface area contributed by atoms with Crippen molar-refractivity contribution in [3.63, 3.8) is 0 Å². The molecule has 0 aliphatic carbocycles. The van der Waals surface area contributed by atoms with Crippen molar-refractivity contribution in [1.82, 2.24) is 4.98 Å². The van der Waals surface area contributed by atoms with E-state index in [1.165, 1.54) is 51.3 Å². The molecular weight excluding hydrogens is 198 g/mol.